The summed E-state index contributed by atoms with van der Waals surface area (Å²) < 4.78 is 0. The Hall–Kier alpha value is -0.300. The van der Waals surface area contributed by atoms with Crippen molar-refractivity contribution in [2.45, 2.75) is 24.6 Å². The molecule has 7 unspecified atom stereocenters. The Bertz CT molecular complexity index is 364. The quantitative estimate of drug-likeness (QED) is 0.289. The first-order valence-electron chi connectivity index (χ1n) is 6.05. The third-order valence-corrected chi connectivity index (χ3v) is 6.06. The highest BCUT2D eigenvalue weighted by molar-refractivity contribution is 6.21. The largest absolute Gasteiger partial charge is 0.302 e. The molecular formula is C13H15ClO. The van der Waals surface area contributed by atoms with Crippen LogP contribution in [0.3, 0.4) is 0 Å². The number of rotatable bonds is 1. The van der Waals surface area contributed by atoms with Gasteiger partial charge in [0.2, 0.25) is 0 Å². The van der Waals surface area contributed by atoms with Crippen molar-refractivity contribution in [2.24, 2.45) is 35.0 Å². The monoisotopic (exact) mass is 222 g/mol. The lowest BCUT2D eigenvalue weighted by Crippen LogP contribution is -2.36. The first-order valence-corrected chi connectivity index (χ1v) is 6.48. The van der Waals surface area contributed by atoms with Crippen LogP contribution in [0.15, 0.2) is 12.2 Å². The molecule has 4 bridgehead atoms. The molecule has 0 N–H and O–H groups in total. The summed E-state index contributed by atoms with van der Waals surface area (Å²) in [6.45, 7) is 0. The molecule has 0 amide bonds. The molecule has 3 fully saturated rings. The summed E-state index contributed by atoms with van der Waals surface area (Å²) in [5, 5.41) is 0.396. The molecule has 15 heavy (non-hydrogen) atoms. The zero-order valence-electron chi connectivity index (χ0n) is 8.60. The molecule has 0 saturated heterocycles. The van der Waals surface area contributed by atoms with Gasteiger partial charge in [-0.1, -0.05) is 12.2 Å². The summed E-state index contributed by atoms with van der Waals surface area (Å²) in [5.41, 5.74) is -0.0776. The van der Waals surface area contributed by atoms with Gasteiger partial charge in [0.15, 0.2) is 0 Å². The van der Waals surface area contributed by atoms with Crippen LogP contribution in [-0.4, -0.2) is 11.7 Å². The standard InChI is InChI=1S/C13H15ClO/c14-10-4-8-3-9(10)11-7-1-2-13(5-7,6-15)12(8)11/h1-2,6-12H,3-5H2. The van der Waals surface area contributed by atoms with Crippen molar-refractivity contribution in [3.8, 4) is 0 Å². The Balaban J connectivity index is 1.82. The van der Waals surface area contributed by atoms with Crippen LogP contribution in [-0.2, 0) is 4.79 Å². The first-order chi connectivity index (χ1) is 7.25. The first kappa shape index (κ1) is 8.81. The van der Waals surface area contributed by atoms with Crippen molar-refractivity contribution in [3.05, 3.63) is 12.2 Å². The molecule has 0 spiro atoms. The summed E-state index contributed by atoms with van der Waals surface area (Å²) >= 11 is 6.39. The van der Waals surface area contributed by atoms with Crippen LogP contribution in [0.1, 0.15) is 19.3 Å². The summed E-state index contributed by atoms with van der Waals surface area (Å²) in [4.78, 5) is 11.4. The maximum absolute atomic E-state index is 11.4. The van der Waals surface area contributed by atoms with Gasteiger partial charge in [0.1, 0.15) is 6.29 Å². The van der Waals surface area contributed by atoms with E-state index in [2.05, 4.69) is 12.2 Å². The number of carbonyl (C=O) groups excluding carboxylic acids is 1. The molecule has 2 heteroatoms. The number of hydrogen-bond donors (Lipinski definition) is 0. The smallest absolute Gasteiger partial charge is 0.130 e. The third kappa shape index (κ3) is 0.824. The Morgan fingerprint density at radius 2 is 2.27 bits per heavy atom. The highest BCUT2D eigenvalue weighted by Crippen LogP contribution is 2.70. The van der Waals surface area contributed by atoms with Crippen LogP contribution >= 0.6 is 11.6 Å². The maximum Gasteiger partial charge on any atom is 0.130 e. The molecule has 0 heterocycles. The van der Waals surface area contributed by atoms with Crippen LogP contribution in [0.25, 0.3) is 0 Å². The van der Waals surface area contributed by atoms with E-state index in [0.29, 0.717) is 23.1 Å². The molecule has 0 aliphatic heterocycles. The van der Waals surface area contributed by atoms with E-state index in [1.807, 2.05) is 0 Å². The van der Waals surface area contributed by atoms with E-state index in [4.69, 9.17) is 11.6 Å². The second kappa shape index (κ2) is 2.51. The molecule has 0 radical (unpaired) electrons. The minimum Gasteiger partial charge on any atom is -0.302 e. The third-order valence-electron chi connectivity index (χ3n) is 5.56. The number of allylic oxidation sites excluding steroid dienone is 2. The topological polar surface area (TPSA) is 17.1 Å². The van der Waals surface area contributed by atoms with Gasteiger partial charge in [0.25, 0.3) is 0 Å². The summed E-state index contributed by atoms with van der Waals surface area (Å²) in [6, 6.07) is 0. The predicted molar refractivity (Wildman–Crippen MR) is 58.6 cm³/mol. The molecule has 3 saturated carbocycles. The van der Waals surface area contributed by atoms with E-state index in [-0.39, 0.29) is 5.41 Å². The van der Waals surface area contributed by atoms with Crippen LogP contribution < -0.4 is 0 Å². The van der Waals surface area contributed by atoms with E-state index < -0.39 is 0 Å². The van der Waals surface area contributed by atoms with Gasteiger partial charge in [-0.25, -0.2) is 0 Å². The summed E-state index contributed by atoms with van der Waals surface area (Å²) in [5.74, 6) is 3.49. The lowest BCUT2D eigenvalue weighted by Gasteiger charge is -2.37. The fraction of sp³-hybridized carbons (Fsp3) is 0.769. The molecule has 4 aliphatic rings. The summed E-state index contributed by atoms with van der Waals surface area (Å²) in [7, 11) is 0. The SMILES string of the molecule is O=CC12C=CC(C1)C1C3CC(CC3Cl)C12. The number of hydrogen-bond acceptors (Lipinski definition) is 1. The normalized spacial score (nSPS) is 63.8. The second-order valence-electron chi connectivity index (χ2n) is 5.97. The molecule has 80 valence electrons. The Morgan fingerprint density at radius 3 is 3.07 bits per heavy atom. The van der Waals surface area contributed by atoms with Crippen molar-refractivity contribution < 1.29 is 4.79 Å². The molecule has 7 atom stereocenters. The molecule has 1 nitrogen and oxygen atoms in total. The van der Waals surface area contributed by atoms with Gasteiger partial charge in [-0.3, -0.25) is 0 Å². The lowest BCUT2D eigenvalue weighted by atomic mass is 9.67. The van der Waals surface area contributed by atoms with E-state index in [9.17, 15) is 4.79 Å². The van der Waals surface area contributed by atoms with Crippen molar-refractivity contribution in [1.82, 2.24) is 0 Å². The summed E-state index contributed by atoms with van der Waals surface area (Å²) in [6.07, 6.45) is 9.26. The average molecular weight is 223 g/mol. The molecule has 0 aromatic carbocycles. The van der Waals surface area contributed by atoms with E-state index in [1.165, 1.54) is 12.7 Å². The lowest BCUT2D eigenvalue weighted by molar-refractivity contribution is -0.116. The van der Waals surface area contributed by atoms with Crippen LogP contribution in [0.5, 0.6) is 0 Å². The Labute approximate surface area is 94.9 Å². The molecular weight excluding hydrogens is 208 g/mol. The van der Waals surface area contributed by atoms with Crippen LogP contribution in [0, 0.1) is 35.0 Å². The average Bonchev–Trinajstić information content (AvgIpc) is 2.92. The van der Waals surface area contributed by atoms with Crippen LogP contribution in [0.4, 0.5) is 0 Å². The Kier molecular flexibility index (Phi) is 1.47. The van der Waals surface area contributed by atoms with Gasteiger partial charge in [-0.05, 0) is 48.9 Å². The fourth-order valence-corrected chi connectivity index (χ4v) is 5.73. The molecule has 4 rings (SSSR count). The van der Waals surface area contributed by atoms with Gasteiger partial charge in [0.05, 0.1) is 0 Å². The minimum atomic E-state index is -0.0776. The van der Waals surface area contributed by atoms with Crippen molar-refractivity contribution in [1.29, 1.82) is 0 Å². The van der Waals surface area contributed by atoms with Gasteiger partial charge < -0.3 is 4.79 Å². The number of carbonyl (C=O) groups is 1. The molecule has 0 aromatic heterocycles. The van der Waals surface area contributed by atoms with E-state index in [0.717, 1.165) is 24.7 Å². The predicted octanol–water partition coefficient (Wildman–Crippen LogP) is 2.64. The Morgan fingerprint density at radius 1 is 1.40 bits per heavy atom. The van der Waals surface area contributed by atoms with Gasteiger partial charge in [0, 0.05) is 10.8 Å². The van der Waals surface area contributed by atoms with Crippen LogP contribution in [0.2, 0.25) is 0 Å². The fourth-order valence-electron chi connectivity index (χ4n) is 5.24. The number of halogens is 1. The van der Waals surface area contributed by atoms with E-state index >= 15 is 0 Å². The van der Waals surface area contributed by atoms with Gasteiger partial charge in [-0.2, -0.15) is 0 Å². The number of fused-ring (bicyclic) bond motifs is 9. The number of alkyl halides is 1. The minimum absolute atomic E-state index is 0.0776. The van der Waals surface area contributed by atoms with Gasteiger partial charge >= 0.3 is 0 Å². The zero-order valence-corrected chi connectivity index (χ0v) is 9.36. The molecule has 4 aliphatic carbocycles. The second-order valence-corrected chi connectivity index (χ2v) is 6.53. The number of aldehydes is 1. The van der Waals surface area contributed by atoms with Crippen molar-refractivity contribution in [3.63, 3.8) is 0 Å². The van der Waals surface area contributed by atoms with Crippen molar-refractivity contribution in [2.75, 3.05) is 0 Å². The highest BCUT2D eigenvalue weighted by atomic mass is 35.5. The van der Waals surface area contributed by atoms with Crippen molar-refractivity contribution >= 4 is 17.9 Å². The maximum atomic E-state index is 11.4. The highest BCUT2D eigenvalue weighted by Gasteiger charge is 2.66. The van der Waals surface area contributed by atoms with Gasteiger partial charge in [-0.15, -0.1) is 11.6 Å². The zero-order chi connectivity index (χ0) is 10.2. The molecule has 0 aromatic rings. The van der Waals surface area contributed by atoms with E-state index in [1.54, 1.807) is 0 Å².